The highest BCUT2D eigenvalue weighted by Gasteiger charge is 2.29. The zero-order valence-corrected chi connectivity index (χ0v) is 9.32. The third-order valence-corrected chi connectivity index (χ3v) is 2.54. The zero-order chi connectivity index (χ0) is 12.9. The maximum Gasteiger partial charge on any atom is 0.405 e. The van der Waals surface area contributed by atoms with Crippen LogP contribution in [0.4, 0.5) is 13.2 Å². The molecule has 0 saturated heterocycles. The minimum absolute atomic E-state index is 0.121. The van der Waals surface area contributed by atoms with E-state index in [2.05, 4.69) is 5.32 Å². The van der Waals surface area contributed by atoms with Crippen LogP contribution in [0.25, 0.3) is 0 Å². The molecule has 0 aliphatic carbocycles. The maximum atomic E-state index is 11.7. The average Bonchev–Trinajstić information content (AvgIpc) is 2.74. The van der Waals surface area contributed by atoms with E-state index in [0.29, 0.717) is 0 Å². The van der Waals surface area contributed by atoms with Gasteiger partial charge in [0.2, 0.25) is 0 Å². The third kappa shape index (κ3) is 5.34. The first-order valence-electron chi connectivity index (χ1n) is 4.53. The molecule has 0 saturated carbocycles. The first-order valence-corrected chi connectivity index (χ1v) is 5.41. The summed E-state index contributed by atoms with van der Waals surface area (Å²) in [5.41, 5.74) is 0. The van der Waals surface area contributed by atoms with Gasteiger partial charge in [-0.3, -0.25) is 9.59 Å². The number of amides is 2. The minimum atomic E-state index is -4.52. The summed E-state index contributed by atoms with van der Waals surface area (Å²) in [5.74, 6) is -2.37. The van der Waals surface area contributed by atoms with Crippen LogP contribution in [0.3, 0.4) is 0 Å². The number of hydrogen-bond acceptors (Lipinski definition) is 3. The molecule has 1 rings (SSSR count). The summed E-state index contributed by atoms with van der Waals surface area (Å²) in [5, 5.41) is 5.48. The van der Waals surface area contributed by atoms with E-state index in [4.69, 9.17) is 0 Å². The topological polar surface area (TPSA) is 58.2 Å². The summed E-state index contributed by atoms with van der Waals surface area (Å²) in [6.07, 6.45) is -4.52. The van der Waals surface area contributed by atoms with Gasteiger partial charge in [0.05, 0.1) is 6.54 Å². The Balaban J connectivity index is 2.30. The quantitative estimate of drug-likeness (QED) is 0.803. The van der Waals surface area contributed by atoms with E-state index in [9.17, 15) is 22.8 Å². The highest BCUT2D eigenvalue weighted by Crippen LogP contribution is 2.12. The number of halogens is 3. The molecule has 4 nitrogen and oxygen atoms in total. The van der Waals surface area contributed by atoms with Crippen molar-refractivity contribution in [2.24, 2.45) is 0 Å². The van der Waals surface area contributed by atoms with Crippen molar-refractivity contribution in [1.29, 1.82) is 0 Å². The Morgan fingerprint density at radius 1 is 1.24 bits per heavy atom. The smallest absolute Gasteiger partial charge is 0.343 e. The Labute approximate surface area is 98.8 Å². The summed E-state index contributed by atoms with van der Waals surface area (Å²) in [6.45, 7) is -1.39. The molecule has 0 aromatic carbocycles. The zero-order valence-electron chi connectivity index (χ0n) is 8.50. The first-order chi connectivity index (χ1) is 7.88. The number of carbonyl (C=O) groups excluding carboxylic acids is 2. The second-order valence-electron chi connectivity index (χ2n) is 3.06. The number of rotatable bonds is 3. The molecule has 1 aromatic rings. The van der Waals surface area contributed by atoms with Crippen LogP contribution in [0.15, 0.2) is 17.5 Å². The van der Waals surface area contributed by atoms with Gasteiger partial charge in [-0.15, -0.1) is 11.3 Å². The molecule has 0 unspecified atom stereocenters. The number of carbonyl (C=O) groups is 2. The Bertz CT molecular complexity index is 389. The van der Waals surface area contributed by atoms with Crippen molar-refractivity contribution in [3.05, 3.63) is 22.4 Å². The summed E-state index contributed by atoms with van der Waals surface area (Å²) in [4.78, 5) is 22.8. The van der Waals surface area contributed by atoms with Gasteiger partial charge in [0.25, 0.3) is 0 Å². The number of alkyl halides is 3. The first kappa shape index (κ1) is 13.5. The predicted molar refractivity (Wildman–Crippen MR) is 55.2 cm³/mol. The van der Waals surface area contributed by atoms with Gasteiger partial charge in [-0.25, -0.2) is 0 Å². The lowest BCUT2D eigenvalue weighted by molar-refractivity contribution is -0.146. The van der Waals surface area contributed by atoms with Crippen LogP contribution in [0.5, 0.6) is 0 Å². The molecule has 94 valence electrons. The third-order valence-electron chi connectivity index (χ3n) is 1.66. The van der Waals surface area contributed by atoms with Crippen LogP contribution in [0.1, 0.15) is 4.88 Å². The summed E-state index contributed by atoms with van der Waals surface area (Å²) >= 11 is 1.37. The van der Waals surface area contributed by atoms with E-state index in [1.165, 1.54) is 16.7 Å². The Kier molecular flexibility index (Phi) is 4.50. The number of thiophene rings is 1. The van der Waals surface area contributed by atoms with Crippen LogP contribution in [0, 0.1) is 0 Å². The van der Waals surface area contributed by atoms with Gasteiger partial charge in [0.15, 0.2) is 0 Å². The van der Waals surface area contributed by atoms with Crippen molar-refractivity contribution in [1.82, 2.24) is 10.6 Å². The van der Waals surface area contributed by atoms with Crippen molar-refractivity contribution in [2.45, 2.75) is 12.7 Å². The highest BCUT2D eigenvalue weighted by molar-refractivity contribution is 7.09. The van der Waals surface area contributed by atoms with Gasteiger partial charge < -0.3 is 10.6 Å². The fourth-order valence-corrected chi connectivity index (χ4v) is 1.57. The number of nitrogens with one attached hydrogen (secondary N) is 2. The second-order valence-corrected chi connectivity index (χ2v) is 4.09. The monoisotopic (exact) mass is 266 g/mol. The van der Waals surface area contributed by atoms with Gasteiger partial charge >= 0.3 is 18.0 Å². The average molecular weight is 266 g/mol. The Hall–Kier alpha value is -1.57. The van der Waals surface area contributed by atoms with Crippen LogP contribution in [0.2, 0.25) is 0 Å². The van der Waals surface area contributed by atoms with Gasteiger partial charge in [-0.05, 0) is 11.4 Å². The molecule has 0 fully saturated rings. The fourth-order valence-electron chi connectivity index (χ4n) is 0.922. The Morgan fingerprint density at radius 3 is 2.41 bits per heavy atom. The van der Waals surface area contributed by atoms with E-state index in [-0.39, 0.29) is 6.54 Å². The summed E-state index contributed by atoms with van der Waals surface area (Å²) in [7, 11) is 0. The second kappa shape index (κ2) is 5.67. The molecular weight excluding hydrogens is 257 g/mol. The maximum absolute atomic E-state index is 11.7. The standard InChI is InChI=1S/C9H9F3N2O2S/c10-9(11,12)5-14-8(16)7(15)13-4-6-2-1-3-17-6/h1-3H,4-5H2,(H,13,15)(H,14,16). The van der Waals surface area contributed by atoms with Crippen LogP contribution < -0.4 is 10.6 Å². The molecule has 1 heterocycles. The van der Waals surface area contributed by atoms with E-state index in [0.717, 1.165) is 4.88 Å². The fraction of sp³-hybridized carbons (Fsp3) is 0.333. The molecule has 17 heavy (non-hydrogen) atoms. The van der Waals surface area contributed by atoms with Crippen molar-refractivity contribution < 1.29 is 22.8 Å². The lowest BCUT2D eigenvalue weighted by atomic mass is 10.4. The van der Waals surface area contributed by atoms with Crippen LogP contribution in [-0.2, 0) is 16.1 Å². The molecule has 0 aliphatic heterocycles. The van der Waals surface area contributed by atoms with Gasteiger partial charge in [0, 0.05) is 4.88 Å². The molecule has 0 bridgehead atoms. The van der Waals surface area contributed by atoms with E-state index in [1.807, 2.05) is 0 Å². The molecular formula is C9H9F3N2O2S. The molecule has 2 N–H and O–H groups in total. The van der Waals surface area contributed by atoms with Crippen molar-refractivity contribution in [3.8, 4) is 0 Å². The van der Waals surface area contributed by atoms with Gasteiger partial charge in [-0.2, -0.15) is 13.2 Å². The van der Waals surface area contributed by atoms with Crippen LogP contribution >= 0.6 is 11.3 Å². The van der Waals surface area contributed by atoms with E-state index < -0.39 is 24.5 Å². The SMILES string of the molecule is O=C(NCc1cccs1)C(=O)NCC(F)(F)F. The number of hydrogen-bond donors (Lipinski definition) is 2. The molecule has 8 heteroatoms. The van der Waals surface area contributed by atoms with Crippen molar-refractivity contribution in [2.75, 3.05) is 6.54 Å². The Morgan fingerprint density at radius 2 is 1.88 bits per heavy atom. The molecule has 1 aromatic heterocycles. The van der Waals surface area contributed by atoms with Gasteiger partial charge in [-0.1, -0.05) is 6.07 Å². The van der Waals surface area contributed by atoms with Crippen LogP contribution in [-0.4, -0.2) is 24.5 Å². The molecule has 2 amide bonds. The van der Waals surface area contributed by atoms with Crippen molar-refractivity contribution >= 4 is 23.2 Å². The molecule has 0 aliphatic rings. The normalized spacial score (nSPS) is 11.0. The largest absolute Gasteiger partial charge is 0.405 e. The lowest BCUT2D eigenvalue weighted by Gasteiger charge is -2.08. The summed E-state index contributed by atoms with van der Waals surface area (Å²) in [6, 6.07) is 3.49. The predicted octanol–water partition coefficient (Wildman–Crippen LogP) is 1.04. The van der Waals surface area contributed by atoms with Crippen molar-refractivity contribution in [3.63, 3.8) is 0 Å². The van der Waals surface area contributed by atoms with Gasteiger partial charge in [0.1, 0.15) is 6.54 Å². The van der Waals surface area contributed by atoms with E-state index >= 15 is 0 Å². The lowest BCUT2D eigenvalue weighted by Crippen LogP contribution is -2.43. The van der Waals surface area contributed by atoms with E-state index in [1.54, 1.807) is 17.5 Å². The molecule has 0 atom stereocenters. The minimum Gasteiger partial charge on any atom is -0.343 e. The highest BCUT2D eigenvalue weighted by atomic mass is 32.1. The summed E-state index contributed by atoms with van der Waals surface area (Å²) < 4.78 is 35.2. The molecule has 0 radical (unpaired) electrons. The molecule has 0 spiro atoms.